The molecule has 0 aromatic heterocycles. The van der Waals surface area contributed by atoms with Crippen LogP contribution in [-0.4, -0.2) is 16.7 Å². The summed E-state index contributed by atoms with van der Waals surface area (Å²) in [5.41, 5.74) is 5.48. The normalized spacial score (nSPS) is 11.1. The fourth-order valence-corrected chi connectivity index (χ4v) is 2.54. The van der Waals surface area contributed by atoms with E-state index in [0.717, 1.165) is 16.9 Å². The van der Waals surface area contributed by atoms with Crippen LogP contribution in [0.15, 0.2) is 77.9 Å². The molecular weight excluding hydrogens is 376 g/mol. The largest absolute Gasteiger partial charge is 0.508 e. The van der Waals surface area contributed by atoms with Gasteiger partial charge in [0, 0.05) is 10.6 Å². The van der Waals surface area contributed by atoms with Crippen molar-refractivity contribution in [2.45, 2.75) is 13.5 Å². The Labute approximate surface area is 168 Å². The zero-order chi connectivity index (χ0) is 19.9. The van der Waals surface area contributed by atoms with Gasteiger partial charge >= 0.3 is 0 Å². The minimum absolute atomic E-state index is 0.106. The van der Waals surface area contributed by atoms with Gasteiger partial charge in [-0.25, -0.2) is 5.43 Å². The lowest BCUT2D eigenvalue weighted by molar-refractivity contribution is 0.0955. The molecular formula is C22H19ClN2O3. The Morgan fingerprint density at radius 2 is 1.57 bits per heavy atom. The number of aromatic hydroxyl groups is 1. The minimum atomic E-state index is -0.345. The molecule has 0 aliphatic rings. The lowest BCUT2D eigenvalue weighted by atomic mass is 10.1. The maximum absolute atomic E-state index is 12.1. The van der Waals surface area contributed by atoms with E-state index in [-0.39, 0.29) is 11.7 Å². The Balaban J connectivity index is 1.57. The molecule has 5 nitrogen and oxygen atoms in total. The Kier molecular flexibility index (Phi) is 6.29. The van der Waals surface area contributed by atoms with E-state index in [4.69, 9.17) is 16.3 Å². The van der Waals surface area contributed by atoms with E-state index < -0.39 is 0 Å². The van der Waals surface area contributed by atoms with Crippen molar-refractivity contribution >= 4 is 23.2 Å². The molecule has 142 valence electrons. The van der Waals surface area contributed by atoms with Crippen LogP contribution in [0.25, 0.3) is 0 Å². The Morgan fingerprint density at radius 1 is 0.964 bits per heavy atom. The van der Waals surface area contributed by atoms with Crippen LogP contribution in [0.1, 0.15) is 28.4 Å². The van der Waals surface area contributed by atoms with E-state index in [1.807, 2.05) is 48.5 Å². The zero-order valence-electron chi connectivity index (χ0n) is 15.2. The maximum atomic E-state index is 12.1. The molecule has 0 aliphatic carbocycles. The zero-order valence-corrected chi connectivity index (χ0v) is 16.0. The van der Waals surface area contributed by atoms with Gasteiger partial charge in [0.1, 0.15) is 18.1 Å². The highest BCUT2D eigenvalue weighted by molar-refractivity contribution is 6.30. The fourth-order valence-electron chi connectivity index (χ4n) is 2.42. The van der Waals surface area contributed by atoms with Gasteiger partial charge in [-0.2, -0.15) is 5.10 Å². The molecule has 3 aromatic carbocycles. The molecule has 0 heterocycles. The summed E-state index contributed by atoms with van der Waals surface area (Å²) in [5.74, 6) is 0.497. The molecule has 3 aromatic rings. The van der Waals surface area contributed by atoms with Crippen LogP contribution in [0, 0.1) is 0 Å². The molecule has 0 radical (unpaired) electrons. The van der Waals surface area contributed by atoms with Crippen molar-refractivity contribution in [1.82, 2.24) is 5.43 Å². The Hall–Kier alpha value is -3.31. The second-order valence-corrected chi connectivity index (χ2v) is 6.56. The number of hydrogen-bond acceptors (Lipinski definition) is 4. The number of carbonyl (C=O) groups is 1. The van der Waals surface area contributed by atoms with E-state index in [2.05, 4.69) is 10.5 Å². The summed E-state index contributed by atoms with van der Waals surface area (Å²) >= 11 is 5.87. The van der Waals surface area contributed by atoms with Crippen LogP contribution < -0.4 is 10.2 Å². The molecule has 0 bridgehead atoms. The van der Waals surface area contributed by atoms with E-state index in [1.54, 1.807) is 6.92 Å². The molecule has 28 heavy (non-hydrogen) atoms. The number of ether oxygens (including phenoxy) is 1. The van der Waals surface area contributed by atoms with Crippen LogP contribution in [0.2, 0.25) is 5.02 Å². The van der Waals surface area contributed by atoms with E-state index >= 15 is 0 Å². The van der Waals surface area contributed by atoms with Crippen LogP contribution in [0.3, 0.4) is 0 Å². The quantitative estimate of drug-likeness (QED) is 0.467. The van der Waals surface area contributed by atoms with Gasteiger partial charge in [0.2, 0.25) is 0 Å². The number of phenols is 1. The number of nitrogens with zero attached hydrogens (tertiary/aromatic N) is 1. The second-order valence-electron chi connectivity index (χ2n) is 6.12. The third kappa shape index (κ3) is 5.34. The topological polar surface area (TPSA) is 70.9 Å². The number of nitrogens with one attached hydrogen (secondary N) is 1. The number of carbonyl (C=O) groups excluding carboxylic acids is 1. The molecule has 0 saturated heterocycles. The molecule has 0 aliphatic heterocycles. The number of halogens is 1. The number of hydrazone groups is 1. The molecule has 1 amide bonds. The summed E-state index contributed by atoms with van der Waals surface area (Å²) in [6.07, 6.45) is 0. The Morgan fingerprint density at radius 3 is 2.21 bits per heavy atom. The first-order chi connectivity index (χ1) is 13.5. The van der Waals surface area contributed by atoms with Gasteiger partial charge in [-0.1, -0.05) is 23.7 Å². The Bertz CT molecular complexity index is 966. The number of benzene rings is 3. The number of hydrogen-bond donors (Lipinski definition) is 2. The van der Waals surface area contributed by atoms with Crippen molar-refractivity contribution < 1.29 is 14.6 Å². The highest BCUT2D eigenvalue weighted by Gasteiger charge is 2.05. The fraction of sp³-hybridized carbons (Fsp3) is 0.0909. The van der Waals surface area contributed by atoms with Crippen molar-refractivity contribution in [3.63, 3.8) is 0 Å². The SMILES string of the molecule is C/C(=N/NC(=O)c1ccc(O)cc1)c1ccc(OCc2ccc(Cl)cc2)cc1. The van der Waals surface area contributed by atoms with Gasteiger partial charge in [0.25, 0.3) is 5.91 Å². The predicted octanol–water partition coefficient (Wildman–Crippen LogP) is 4.78. The van der Waals surface area contributed by atoms with Crippen molar-refractivity contribution in [3.8, 4) is 11.5 Å². The molecule has 6 heteroatoms. The van der Waals surface area contributed by atoms with Gasteiger partial charge in [-0.05, 0) is 78.7 Å². The summed E-state index contributed by atoms with van der Waals surface area (Å²) in [5, 5.41) is 14.1. The van der Waals surface area contributed by atoms with Crippen molar-refractivity contribution in [2.24, 2.45) is 5.10 Å². The second kappa shape index (κ2) is 9.06. The van der Waals surface area contributed by atoms with E-state index in [9.17, 15) is 9.90 Å². The molecule has 0 atom stereocenters. The third-order valence-corrected chi connectivity index (χ3v) is 4.30. The van der Waals surface area contributed by atoms with Gasteiger partial charge in [0.05, 0.1) is 5.71 Å². The average molecular weight is 395 g/mol. The molecule has 2 N–H and O–H groups in total. The summed E-state index contributed by atoms with van der Waals surface area (Å²) in [6, 6.07) is 20.9. The monoisotopic (exact) mass is 394 g/mol. The van der Waals surface area contributed by atoms with Crippen LogP contribution in [0.5, 0.6) is 11.5 Å². The lowest BCUT2D eigenvalue weighted by Gasteiger charge is -2.08. The molecule has 0 fully saturated rings. The van der Waals surface area contributed by atoms with Gasteiger partial charge in [-0.3, -0.25) is 4.79 Å². The van der Waals surface area contributed by atoms with E-state index in [0.29, 0.717) is 22.9 Å². The van der Waals surface area contributed by atoms with Crippen LogP contribution in [0.4, 0.5) is 0 Å². The standard InChI is InChI=1S/C22H19ClN2O3/c1-15(24-25-22(27)18-4-10-20(26)11-5-18)17-6-12-21(13-7-17)28-14-16-2-8-19(23)9-3-16/h2-13,26H,14H2,1H3,(H,25,27)/b24-15-. The smallest absolute Gasteiger partial charge is 0.271 e. The lowest BCUT2D eigenvalue weighted by Crippen LogP contribution is -2.19. The summed E-state index contributed by atoms with van der Waals surface area (Å²) in [4.78, 5) is 12.1. The molecule has 0 spiro atoms. The summed E-state index contributed by atoms with van der Waals surface area (Å²) in [6.45, 7) is 2.26. The first-order valence-corrected chi connectivity index (χ1v) is 9.00. The first-order valence-electron chi connectivity index (χ1n) is 8.62. The van der Waals surface area contributed by atoms with Gasteiger partial charge < -0.3 is 9.84 Å². The van der Waals surface area contributed by atoms with Crippen molar-refractivity contribution in [2.75, 3.05) is 0 Å². The minimum Gasteiger partial charge on any atom is -0.508 e. The molecule has 0 saturated carbocycles. The number of phenolic OH excluding ortho intramolecular Hbond substituents is 1. The first kappa shape index (κ1) is 19.5. The number of rotatable bonds is 6. The maximum Gasteiger partial charge on any atom is 0.271 e. The molecule has 0 unspecified atom stereocenters. The van der Waals surface area contributed by atoms with Crippen LogP contribution in [-0.2, 0) is 6.61 Å². The van der Waals surface area contributed by atoms with Gasteiger partial charge in [0.15, 0.2) is 0 Å². The van der Waals surface area contributed by atoms with Crippen molar-refractivity contribution in [3.05, 3.63) is 94.5 Å². The van der Waals surface area contributed by atoms with E-state index in [1.165, 1.54) is 24.3 Å². The van der Waals surface area contributed by atoms with Crippen LogP contribution >= 0.6 is 11.6 Å². The summed E-state index contributed by atoms with van der Waals surface area (Å²) < 4.78 is 5.76. The van der Waals surface area contributed by atoms with Gasteiger partial charge in [-0.15, -0.1) is 0 Å². The predicted molar refractivity (Wildman–Crippen MR) is 110 cm³/mol. The highest BCUT2D eigenvalue weighted by Crippen LogP contribution is 2.16. The highest BCUT2D eigenvalue weighted by atomic mass is 35.5. The molecule has 3 rings (SSSR count). The summed E-state index contributed by atoms with van der Waals surface area (Å²) in [7, 11) is 0. The van der Waals surface area contributed by atoms with Crippen molar-refractivity contribution in [1.29, 1.82) is 0 Å². The number of amides is 1. The third-order valence-electron chi connectivity index (χ3n) is 4.05. The average Bonchev–Trinajstić information content (AvgIpc) is 2.72.